The summed E-state index contributed by atoms with van der Waals surface area (Å²) in [4.78, 5) is 17.1. The van der Waals surface area contributed by atoms with Crippen LogP contribution < -0.4 is 5.32 Å². The second-order valence-corrected chi connectivity index (χ2v) is 8.12. The van der Waals surface area contributed by atoms with Crippen molar-refractivity contribution in [1.82, 2.24) is 9.55 Å². The predicted molar refractivity (Wildman–Crippen MR) is 107 cm³/mol. The van der Waals surface area contributed by atoms with Crippen molar-refractivity contribution >= 4 is 23.4 Å². The topological polar surface area (TPSA) is 46.9 Å². The fourth-order valence-electron chi connectivity index (χ4n) is 3.00. The van der Waals surface area contributed by atoms with Crippen molar-refractivity contribution in [3.05, 3.63) is 40.2 Å². The Hall–Kier alpha value is -1.75. The number of imidazole rings is 1. The Balaban J connectivity index is 2.07. The van der Waals surface area contributed by atoms with Gasteiger partial charge in [-0.05, 0) is 51.7 Å². The highest BCUT2D eigenvalue weighted by Gasteiger charge is 2.15. The minimum Gasteiger partial charge on any atom is -0.325 e. The molecule has 1 heterocycles. The summed E-state index contributed by atoms with van der Waals surface area (Å²) < 4.78 is 2.22. The minimum absolute atomic E-state index is 0.00876. The number of benzene rings is 1. The highest BCUT2D eigenvalue weighted by atomic mass is 32.2. The van der Waals surface area contributed by atoms with Crippen LogP contribution in [-0.4, -0.2) is 21.2 Å². The van der Waals surface area contributed by atoms with E-state index >= 15 is 0 Å². The van der Waals surface area contributed by atoms with Crippen LogP contribution >= 0.6 is 11.8 Å². The molecule has 4 nitrogen and oxygen atoms in total. The van der Waals surface area contributed by atoms with E-state index in [2.05, 4.69) is 54.7 Å². The van der Waals surface area contributed by atoms with Gasteiger partial charge in [-0.2, -0.15) is 0 Å². The Labute approximate surface area is 155 Å². The second-order valence-electron chi connectivity index (χ2n) is 7.18. The molecule has 136 valence electrons. The summed E-state index contributed by atoms with van der Waals surface area (Å²) >= 11 is 1.51. The molecule has 1 aromatic carbocycles. The van der Waals surface area contributed by atoms with E-state index in [1.807, 2.05) is 20.8 Å². The first-order valence-electron chi connectivity index (χ1n) is 8.73. The fraction of sp³-hybridized carbons (Fsp3) is 0.500. The van der Waals surface area contributed by atoms with E-state index in [0.717, 1.165) is 34.2 Å². The van der Waals surface area contributed by atoms with Gasteiger partial charge in [-0.3, -0.25) is 4.79 Å². The van der Waals surface area contributed by atoms with Crippen molar-refractivity contribution in [1.29, 1.82) is 0 Å². The van der Waals surface area contributed by atoms with Crippen LogP contribution in [0.2, 0.25) is 0 Å². The highest BCUT2D eigenvalue weighted by Crippen LogP contribution is 2.25. The van der Waals surface area contributed by atoms with Gasteiger partial charge in [0.25, 0.3) is 0 Å². The molecule has 0 aliphatic rings. The third kappa shape index (κ3) is 4.88. The third-order valence-electron chi connectivity index (χ3n) is 4.24. The molecule has 0 atom stereocenters. The van der Waals surface area contributed by atoms with Crippen LogP contribution in [0.1, 0.15) is 41.9 Å². The van der Waals surface area contributed by atoms with Crippen molar-refractivity contribution in [3.63, 3.8) is 0 Å². The lowest BCUT2D eigenvalue weighted by Gasteiger charge is -2.14. The van der Waals surface area contributed by atoms with Crippen LogP contribution in [0.4, 0.5) is 5.69 Å². The molecule has 0 bridgehead atoms. The Bertz CT molecular complexity index is 754. The van der Waals surface area contributed by atoms with Crippen LogP contribution in [0.3, 0.4) is 0 Å². The zero-order valence-corrected chi connectivity index (χ0v) is 17.2. The van der Waals surface area contributed by atoms with Crippen molar-refractivity contribution in [2.45, 2.75) is 60.2 Å². The lowest BCUT2D eigenvalue weighted by molar-refractivity contribution is -0.113. The van der Waals surface area contributed by atoms with Gasteiger partial charge < -0.3 is 9.88 Å². The Morgan fingerprint density at radius 1 is 1.16 bits per heavy atom. The van der Waals surface area contributed by atoms with E-state index in [1.165, 1.54) is 23.0 Å². The first-order chi connectivity index (χ1) is 11.7. The molecule has 1 aromatic heterocycles. The van der Waals surface area contributed by atoms with E-state index in [0.29, 0.717) is 11.7 Å². The van der Waals surface area contributed by atoms with Crippen LogP contribution in [-0.2, 0) is 11.3 Å². The van der Waals surface area contributed by atoms with Crippen LogP contribution in [0.5, 0.6) is 0 Å². The number of nitrogens with zero attached hydrogens (tertiary/aromatic N) is 2. The predicted octanol–water partition coefficient (Wildman–Crippen LogP) is 4.81. The number of anilines is 1. The summed E-state index contributed by atoms with van der Waals surface area (Å²) in [5, 5.41) is 3.99. The lowest BCUT2D eigenvalue weighted by atomic mass is 10.1. The quantitative estimate of drug-likeness (QED) is 0.753. The van der Waals surface area contributed by atoms with E-state index in [-0.39, 0.29) is 5.91 Å². The maximum absolute atomic E-state index is 12.4. The molecule has 0 fully saturated rings. The number of hydrogen-bond donors (Lipinski definition) is 1. The Morgan fingerprint density at radius 2 is 1.76 bits per heavy atom. The summed E-state index contributed by atoms with van der Waals surface area (Å²) in [5.74, 6) is 0.911. The molecular formula is C20H29N3OS. The molecule has 0 saturated carbocycles. The molecule has 0 aliphatic carbocycles. The molecule has 0 unspecified atom stereocenters. The SMILES string of the molecule is Cc1cc(C)c(NC(=O)CSc2nc(C)c(C)n2CC(C)C)c(C)c1. The van der Waals surface area contributed by atoms with Gasteiger partial charge in [0.15, 0.2) is 5.16 Å². The average molecular weight is 360 g/mol. The maximum atomic E-state index is 12.4. The summed E-state index contributed by atoms with van der Waals surface area (Å²) in [6.07, 6.45) is 0. The standard InChI is InChI=1S/C20H29N3OS/c1-12(2)10-23-17(7)16(6)21-20(23)25-11-18(24)22-19-14(4)8-13(3)9-15(19)5/h8-9,12H,10-11H2,1-7H3,(H,22,24). The van der Waals surface area contributed by atoms with Crippen molar-refractivity contribution < 1.29 is 4.79 Å². The molecule has 1 amide bonds. The van der Waals surface area contributed by atoms with Crippen molar-refractivity contribution in [2.75, 3.05) is 11.1 Å². The zero-order chi connectivity index (χ0) is 18.7. The molecule has 2 aromatic rings. The lowest BCUT2D eigenvalue weighted by Crippen LogP contribution is -2.16. The van der Waals surface area contributed by atoms with Gasteiger partial charge >= 0.3 is 0 Å². The number of carbonyl (C=O) groups is 1. The van der Waals surface area contributed by atoms with Gasteiger partial charge in [0, 0.05) is 17.9 Å². The normalized spacial score (nSPS) is 11.2. The summed E-state index contributed by atoms with van der Waals surface area (Å²) in [6, 6.07) is 4.19. The summed E-state index contributed by atoms with van der Waals surface area (Å²) in [6.45, 7) is 15.6. The van der Waals surface area contributed by atoms with E-state index < -0.39 is 0 Å². The number of carbonyl (C=O) groups excluding carboxylic acids is 1. The Morgan fingerprint density at radius 3 is 2.32 bits per heavy atom. The molecule has 0 radical (unpaired) electrons. The van der Waals surface area contributed by atoms with Gasteiger partial charge in [0.1, 0.15) is 0 Å². The number of rotatable bonds is 6. The number of aryl methyl sites for hydroxylation is 4. The molecule has 0 spiro atoms. The van der Waals surface area contributed by atoms with E-state index in [9.17, 15) is 4.79 Å². The van der Waals surface area contributed by atoms with E-state index in [1.54, 1.807) is 0 Å². The molecule has 0 aliphatic heterocycles. The molecule has 25 heavy (non-hydrogen) atoms. The molecule has 1 N–H and O–H groups in total. The van der Waals surface area contributed by atoms with Gasteiger partial charge in [0.05, 0.1) is 11.4 Å². The second kappa shape index (κ2) is 8.09. The van der Waals surface area contributed by atoms with Gasteiger partial charge in [-0.25, -0.2) is 4.98 Å². The van der Waals surface area contributed by atoms with Gasteiger partial charge in [-0.15, -0.1) is 0 Å². The first-order valence-corrected chi connectivity index (χ1v) is 9.71. The van der Waals surface area contributed by atoms with Crippen LogP contribution in [0.15, 0.2) is 17.3 Å². The number of amides is 1. The smallest absolute Gasteiger partial charge is 0.234 e. The zero-order valence-electron chi connectivity index (χ0n) is 16.4. The number of aromatic nitrogens is 2. The summed E-state index contributed by atoms with van der Waals surface area (Å²) in [5.41, 5.74) is 6.56. The number of nitrogens with one attached hydrogen (secondary N) is 1. The highest BCUT2D eigenvalue weighted by molar-refractivity contribution is 7.99. The van der Waals surface area contributed by atoms with Crippen LogP contribution in [0.25, 0.3) is 0 Å². The van der Waals surface area contributed by atoms with Gasteiger partial charge in [-0.1, -0.05) is 43.3 Å². The number of hydrogen-bond acceptors (Lipinski definition) is 3. The first kappa shape index (κ1) is 19.6. The molecule has 2 rings (SSSR count). The van der Waals surface area contributed by atoms with Crippen molar-refractivity contribution in [2.24, 2.45) is 5.92 Å². The van der Waals surface area contributed by atoms with Gasteiger partial charge in [0.2, 0.25) is 5.91 Å². The molecule has 5 heteroatoms. The average Bonchev–Trinajstić information content (AvgIpc) is 2.76. The van der Waals surface area contributed by atoms with E-state index in [4.69, 9.17) is 0 Å². The minimum atomic E-state index is 0.00876. The fourth-order valence-corrected chi connectivity index (χ4v) is 3.90. The molecule has 0 saturated heterocycles. The largest absolute Gasteiger partial charge is 0.325 e. The Kier molecular flexibility index (Phi) is 6.33. The van der Waals surface area contributed by atoms with Crippen molar-refractivity contribution in [3.8, 4) is 0 Å². The third-order valence-corrected chi connectivity index (χ3v) is 5.22. The monoisotopic (exact) mass is 359 g/mol. The maximum Gasteiger partial charge on any atom is 0.234 e. The van der Waals surface area contributed by atoms with Crippen LogP contribution in [0, 0.1) is 40.5 Å². The number of thioether (sulfide) groups is 1. The summed E-state index contributed by atoms with van der Waals surface area (Å²) in [7, 11) is 0. The molecular weight excluding hydrogens is 330 g/mol.